The zero-order valence-corrected chi connectivity index (χ0v) is 14.4. The molecule has 1 heterocycles. The Kier molecular flexibility index (Phi) is 5.39. The van der Waals surface area contributed by atoms with Crippen LogP contribution in [0, 0.1) is 10.1 Å². The number of benzene rings is 1. The molecule has 2 N–H and O–H groups in total. The average molecular weight is 448 g/mol. The molecule has 120 valence electrons. The molecule has 0 bridgehead atoms. The lowest BCUT2D eigenvalue weighted by Crippen LogP contribution is -2.23. The van der Waals surface area contributed by atoms with Gasteiger partial charge in [0, 0.05) is 5.10 Å². The molecule has 12 heteroatoms. The first kappa shape index (κ1) is 17.0. The molecule has 0 saturated carbocycles. The number of aromatic hydroxyl groups is 1. The maximum atomic E-state index is 11.6. The van der Waals surface area contributed by atoms with E-state index in [-0.39, 0.29) is 12.3 Å². The minimum absolute atomic E-state index is 0.0546. The summed E-state index contributed by atoms with van der Waals surface area (Å²) >= 11 is 6.35. The Hall–Kier alpha value is -2.34. The van der Waals surface area contributed by atoms with Crippen molar-refractivity contribution in [2.75, 3.05) is 0 Å². The lowest BCUT2D eigenvalue weighted by molar-refractivity contribution is -0.394. The molecular weight excluding hydrogens is 440 g/mol. The number of hydrogen-bond acceptors (Lipinski definition) is 7. The van der Waals surface area contributed by atoms with Crippen molar-refractivity contribution in [2.24, 2.45) is 5.10 Å². The van der Waals surface area contributed by atoms with Crippen LogP contribution < -0.4 is 5.43 Å². The maximum Gasteiger partial charge on any atom is 0.490 e. The van der Waals surface area contributed by atoms with Crippen molar-refractivity contribution < 1.29 is 14.8 Å². The van der Waals surface area contributed by atoms with Crippen molar-refractivity contribution in [3.8, 4) is 5.75 Å². The van der Waals surface area contributed by atoms with Crippen LogP contribution in [0.4, 0.5) is 5.95 Å². The number of aromatic nitrogens is 3. The summed E-state index contributed by atoms with van der Waals surface area (Å²) in [4.78, 5) is 24.7. The Bertz CT molecular complexity index is 768. The average Bonchev–Trinajstić information content (AvgIpc) is 2.93. The topological polar surface area (TPSA) is 136 Å². The Balaban J connectivity index is 1.94. The Labute approximate surface area is 145 Å². The van der Waals surface area contributed by atoms with Gasteiger partial charge in [-0.3, -0.25) is 4.79 Å². The van der Waals surface area contributed by atoms with Gasteiger partial charge >= 0.3 is 5.95 Å². The van der Waals surface area contributed by atoms with Gasteiger partial charge < -0.3 is 15.2 Å². The van der Waals surface area contributed by atoms with E-state index in [0.29, 0.717) is 14.5 Å². The van der Waals surface area contributed by atoms with E-state index in [0.717, 1.165) is 11.0 Å². The van der Waals surface area contributed by atoms with Crippen LogP contribution in [0.2, 0.25) is 0 Å². The summed E-state index contributed by atoms with van der Waals surface area (Å²) in [5, 5.41) is 27.3. The number of nitro groups is 1. The van der Waals surface area contributed by atoms with Crippen molar-refractivity contribution in [3.05, 3.63) is 43.1 Å². The van der Waals surface area contributed by atoms with Crippen LogP contribution >= 0.6 is 31.9 Å². The van der Waals surface area contributed by atoms with Gasteiger partial charge in [0.2, 0.25) is 6.33 Å². The minimum atomic E-state index is -0.757. The van der Waals surface area contributed by atoms with Gasteiger partial charge in [-0.2, -0.15) is 9.78 Å². The van der Waals surface area contributed by atoms with Gasteiger partial charge in [0.25, 0.3) is 5.91 Å². The number of amides is 1. The van der Waals surface area contributed by atoms with Crippen molar-refractivity contribution in [3.63, 3.8) is 0 Å². The molecule has 0 spiro atoms. The summed E-state index contributed by atoms with van der Waals surface area (Å²) in [6.45, 7) is -0.263. The molecule has 0 radical (unpaired) electrons. The second kappa shape index (κ2) is 7.28. The van der Waals surface area contributed by atoms with Crippen molar-refractivity contribution in [1.29, 1.82) is 0 Å². The van der Waals surface area contributed by atoms with Crippen LogP contribution in [-0.4, -0.2) is 36.9 Å². The highest BCUT2D eigenvalue weighted by Gasteiger charge is 2.14. The molecule has 10 nitrogen and oxygen atoms in total. The van der Waals surface area contributed by atoms with Gasteiger partial charge in [-0.1, -0.05) is 4.98 Å². The van der Waals surface area contributed by atoms with E-state index >= 15 is 0 Å². The lowest BCUT2D eigenvalue weighted by atomic mass is 10.2. The van der Waals surface area contributed by atoms with E-state index in [1.165, 1.54) is 6.21 Å². The number of hydrogen-bond donors (Lipinski definition) is 2. The van der Waals surface area contributed by atoms with Gasteiger partial charge in [-0.15, -0.1) is 0 Å². The first-order valence-electron chi connectivity index (χ1n) is 5.90. The summed E-state index contributed by atoms with van der Waals surface area (Å²) in [6, 6.07) is 3.22. The second-order valence-corrected chi connectivity index (χ2v) is 5.83. The van der Waals surface area contributed by atoms with Crippen LogP contribution in [0.25, 0.3) is 0 Å². The highest BCUT2D eigenvalue weighted by molar-refractivity contribution is 9.11. The van der Waals surface area contributed by atoms with E-state index in [9.17, 15) is 20.0 Å². The van der Waals surface area contributed by atoms with E-state index in [1.807, 2.05) is 0 Å². The number of carbonyl (C=O) groups excluding carboxylic acids is 1. The van der Waals surface area contributed by atoms with Gasteiger partial charge in [0.05, 0.1) is 15.2 Å². The predicted molar refractivity (Wildman–Crippen MR) is 85.9 cm³/mol. The highest BCUT2D eigenvalue weighted by Crippen LogP contribution is 2.32. The second-order valence-electron chi connectivity index (χ2n) is 4.13. The molecule has 23 heavy (non-hydrogen) atoms. The summed E-state index contributed by atoms with van der Waals surface area (Å²) in [6.07, 6.45) is 2.45. The molecule has 0 unspecified atom stereocenters. The molecule has 0 fully saturated rings. The third kappa shape index (κ3) is 4.56. The van der Waals surface area contributed by atoms with Gasteiger partial charge in [0.15, 0.2) is 0 Å². The highest BCUT2D eigenvalue weighted by atomic mass is 79.9. The zero-order valence-electron chi connectivity index (χ0n) is 11.2. The monoisotopic (exact) mass is 446 g/mol. The van der Waals surface area contributed by atoms with E-state index in [2.05, 4.69) is 52.5 Å². The number of nitrogens with one attached hydrogen (secondary N) is 1. The molecule has 2 aromatic rings. The van der Waals surface area contributed by atoms with Gasteiger partial charge in [-0.25, -0.2) is 5.43 Å². The van der Waals surface area contributed by atoms with Gasteiger partial charge in [-0.05, 0) is 54.5 Å². The molecule has 1 aromatic carbocycles. The van der Waals surface area contributed by atoms with Gasteiger partial charge in [0.1, 0.15) is 12.3 Å². The fourth-order valence-corrected chi connectivity index (χ4v) is 2.69. The van der Waals surface area contributed by atoms with Crippen molar-refractivity contribution in [2.45, 2.75) is 6.54 Å². The fourth-order valence-electron chi connectivity index (χ4n) is 1.47. The number of phenolic OH excluding ortho intramolecular Hbond substituents is 1. The normalized spacial score (nSPS) is 10.9. The molecule has 0 aliphatic heterocycles. The molecule has 2 rings (SSSR count). The SMILES string of the molecule is O=C(Cn1cnc([N+](=O)[O-])n1)NN=Cc1cc(Br)c(O)c(Br)c1. The Morgan fingerprint density at radius 2 is 2.13 bits per heavy atom. The van der Waals surface area contributed by atoms with E-state index in [1.54, 1.807) is 12.1 Å². The van der Waals surface area contributed by atoms with Crippen LogP contribution in [0.15, 0.2) is 32.5 Å². The maximum absolute atomic E-state index is 11.6. The first-order valence-corrected chi connectivity index (χ1v) is 7.49. The zero-order chi connectivity index (χ0) is 17.0. The quantitative estimate of drug-likeness (QED) is 0.405. The largest absolute Gasteiger partial charge is 0.506 e. The van der Waals surface area contributed by atoms with E-state index in [4.69, 9.17) is 0 Å². The van der Waals surface area contributed by atoms with Crippen LogP contribution in [-0.2, 0) is 11.3 Å². The standard InChI is InChI=1S/C11H8Br2N6O4/c12-7-1-6(2-8(13)10(7)21)3-15-16-9(20)4-18-5-14-11(17-18)19(22)23/h1-3,5,21H,4H2,(H,16,20). The number of rotatable bonds is 5. The molecule has 0 aliphatic rings. The molecule has 1 aromatic heterocycles. The molecule has 0 atom stereocenters. The summed E-state index contributed by atoms with van der Waals surface area (Å²) < 4.78 is 1.96. The van der Waals surface area contributed by atoms with Crippen molar-refractivity contribution >= 4 is 49.9 Å². The van der Waals surface area contributed by atoms with Crippen LogP contribution in [0.3, 0.4) is 0 Å². The smallest absolute Gasteiger partial charge is 0.490 e. The summed E-state index contributed by atoms with van der Waals surface area (Å²) in [5.74, 6) is -1.06. The summed E-state index contributed by atoms with van der Waals surface area (Å²) in [7, 11) is 0. The fraction of sp³-hybridized carbons (Fsp3) is 0.0909. The molecular formula is C11H8Br2N6O4. The predicted octanol–water partition coefficient (Wildman–Crippen LogP) is 1.57. The number of phenols is 1. The Morgan fingerprint density at radius 1 is 1.48 bits per heavy atom. The van der Waals surface area contributed by atoms with Crippen LogP contribution in [0.5, 0.6) is 5.75 Å². The number of carbonyl (C=O) groups is 1. The molecule has 0 saturated heterocycles. The third-order valence-electron chi connectivity index (χ3n) is 2.44. The first-order chi connectivity index (χ1) is 10.9. The summed E-state index contributed by atoms with van der Waals surface area (Å²) in [5.41, 5.74) is 2.87. The Morgan fingerprint density at radius 3 is 2.70 bits per heavy atom. The third-order valence-corrected chi connectivity index (χ3v) is 3.64. The number of hydrazone groups is 1. The lowest BCUT2D eigenvalue weighted by Gasteiger charge is -2.02. The molecule has 0 aliphatic carbocycles. The molecule has 1 amide bonds. The van der Waals surface area contributed by atoms with Crippen molar-refractivity contribution in [1.82, 2.24) is 20.2 Å². The number of nitrogens with zero attached hydrogens (tertiary/aromatic N) is 5. The van der Waals surface area contributed by atoms with E-state index < -0.39 is 16.8 Å². The van der Waals surface area contributed by atoms with Crippen LogP contribution in [0.1, 0.15) is 5.56 Å². The number of halogens is 2. The minimum Gasteiger partial charge on any atom is -0.506 e.